The fraction of sp³-hybridized carbons (Fsp3) is 0.500. The van der Waals surface area contributed by atoms with Crippen molar-refractivity contribution in [1.82, 2.24) is 9.88 Å². The van der Waals surface area contributed by atoms with E-state index in [4.69, 9.17) is 18.0 Å². The third kappa shape index (κ3) is 5.19. The van der Waals surface area contributed by atoms with Crippen molar-refractivity contribution >= 4 is 17.2 Å². The molecular weight excluding hydrogens is 218 g/mol. The number of nitrogens with two attached hydrogens (primary N) is 1. The monoisotopic (exact) mass is 237 g/mol. The SMILES string of the molecule is CCN(CCCC(N)=S)Cc1ccccn1. The zero-order valence-corrected chi connectivity index (χ0v) is 10.5. The Balaban J connectivity index is 2.34. The molecule has 0 aliphatic heterocycles. The molecule has 4 heteroatoms. The number of aromatic nitrogens is 1. The van der Waals surface area contributed by atoms with Crippen molar-refractivity contribution in [3.8, 4) is 0 Å². The molecule has 1 rings (SSSR count). The first kappa shape index (κ1) is 13.1. The largest absolute Gasteiger partial charge is 0.393 e. The molecule has 0 atom stereocenters. The summed E-state index contributed by atoms with van der Waals surface area (Å²) >= 11 is 4.86. The van der Waals surface area contributed by atoms with Gasteiger partial charge in [0.2, 0.25) is 0 Å². The van der Waals surface area contributed by atoms with Crippen LogP contribution in [-0.4, -0.2) is 28.0 Å². The van der Waals surface area contributed by atoms with Crippen molar-refractivity contribution in [1.29, 1.82) is 0 Å². The molecule has 0 spiro atoms. The Morgan fingerprint density at radius 3 is 2.88 bits per heavy atom. The van der Waals surface area contributed by atoms with Crippen molar-refractivity contribution in [3.05, 3.63) is 30.1 Å². The Morgan fingerprint density at radius 1 is 1.50 bits per heavy atom. The lowest BCUT2D eigenvalue weighted by atomic mass is 10.2. The lowest BCUT2D eigenvalue weighted by Gasteiger charge is -2.19. The van der Waals surface area contributed by atoms with Crippen molar-refractivity contribution in [2.45, 2.75) is 26.3 Å². The highest BCUT2D eigenvalue weighted by Crippen LogP contribution is 2.02. The third-order valence-corrected chi connectivity index (χ3v) is 2.66. The second-order valence-corrected chi connectivity index (χ2v) is 4.28. The van der Waals surface area contributed by atoms with E-state index in [1.54, 1.807) is 0 Å². The molecule has 0 fully saturated rings. The Morgan fingerprint density at radius 2 is 2.31 bits per heavy atom. The van der Waals surface area contributed by atoms with Crippen LogP contribution in [0.4, 0.5) is 0 Å². The maximum Gasteiger partial charge on any atom is 0.0727 e. The first-order chi connectivity index (χ1) is 7.72. The Kier molecular flexibility index (Phi) is 5.96. The smallest absolute Gasteiger partial charge is 0.0727 e. The maximum absolute atomic E-state index is 5.47. The molecule has 0 radical (unpaired) electrons. The summed E-state index contributed by atoms with van der Waals surface area (Å²) in [5.41, 5.74) is 6.58. The molecule has 0 saturated heterocycles. The van der Waals surface area contributed by atoms with Crippen molar-refractivity contribution in [3.63, 3.8) is 0 Å². The van der Waals surface area contributed by atoms with E-state index in [0.29, 0.717) is 4.99 Å². The van der Waals surface area contributed by atoms with E-state index in [0.717, 1.165) is 38.2 Å². The van der Waals surface area contributed by atoms with Gasteiger partial charge >= 0.3 is 0 Å². The first-order valence-corrected chi connectivity index (χ1v) is 6.03. The number of nitrogens with zero attached hydrogens (tertiary/aromatic N) is 2. The minimum atomic E-state index is 0.605. The maximum atomic E-state index is 5.47. The van der Waals surface area contributed by atoms with Gasteiger partial charge in [0.15, 0.2) is 0 Å². The summed E-state index contributed by atoms with van der Waals surface area (Å²) in [4.78, 5) is 7.27. The Hall–Kier alpha value is -1.00. The lowest BCUT2D eigenvalue weighted by molar-refractivity contribution is 0.275. The van der Waals surface area contributed by atoms with Crippen molar-refractivity contribution in [2.75, 3.05) is 13.1 Å². The zero-order chi connectivity index (χ0) is 11.8. The van der Waals surface area contributed by atoms with Gasteiger partial charge in [0.25, 0.3) is 0 Å². The Bertz CT molecular complexity index is 313. The lowest BCUT2D eigenvalue weighted by Crippen LogP contribution is -2.25. The predicted octanol–water partition coefficient (Wildman–Crippen LogP) is 1.97. The minimum absolute atomic E-state index is 0.605. The van der Waals surface area contributed by atoms with Crippen LogP contribution < -0.4 is 5.73 Å². The fourth-order valence-electron chi connectivity index (χ4n) is 1.55. The van der Waals surface area contributed by atoms with Crippen LogP contribution in [-0.2, 0) is 6.54 Å². The number of thiocarbonyl (C=S) groups is 1. The standard InChI is InChI=1S/C12H19N3S/c1-2-15(9-5-7-12(13)16)10-11-6-3-4-8-14-11/h3-4,6,8H,2,5,7,9-10H2,1H3,(H2,13,16). The van der Waals surface area contributed by atoms with Gasteiger partial charge in [-0.25, -0.2) is 0 Å². The summed E-state index contributed by atoms with van der Waals surface area (Å²) in [5, 5.41) is 0. The molecule has 16 heavy (non-hydrogen) atoms. The molecule has 0 saturated carbocycles. The van der Waals surface area contributed by atoms with E-state index in [2.05, 4.69) is 22.9 Å². The van der Waals surface area contributed by atoms with Crippen LogP contribution in [0, 0.1) is 0 Å². The summed E-state index contributed by atoms with van der Waals surface area (Å²) < 4.78 is 0. The highest BCUT2D eigenvalue weighted by atomic mass is 32.1. The molecule has 0 unspecified atom stereocenters. The predicted molar refractivity (Wildman–Crippen MR) is 71.2 cm³/mol. The van der Waals surface area contributed by atoms with E-state index < -0.39 is 0 Å². The van der Waals surface area contributed by atoms with E-state index in [1.807, 2.05) is 18.3 Å². The van der Waals surface area contributed by atoms with Crippen LogP contribution in [0.1, 0.15) is 25.5 Å². The molecule has 3 nitrogen and oxygen atoms in total. The van der Waals surface area contributed by atoms with Gasteiger partial charge in [-0.15, -0.1) is 0 Å². The van der Waals surface area contributed by atoms with Crippen LogP contribution >= 0.6 is 12.2 Å². The molecular formula is C12H19N3S. The number of pyridine rings is 1. The molecule has 1 aromatic rings. The fourth-order valence-corrected chi connectivity index (χ4v) is 1.69. The van der Waals surface area contributed by atoms with Crippen LogP contribution in [0.5, 0.6) is 0 Å². The normalized spacial score (nSPS) is 10.6. The van der Waals surface area contributed by atoms with Gasteiger partial charge in [-0.1, -0.05) is 25.2 Å². The van der Waals surface area contributed by atoms with Gasteiger partial charge < -0.3 is 5.73 Å². The molecule has 1 heterocycles. The van der Waals surface area contributed by atoms with Crippen LogP contribution in [0.3, 0.4) is 0 Å². The summed E-state index contributed by atoms with van der Waals surface area (Å²) in [6, 6.07) is 6.01. The molecule has 88 valence electrons. The quantitative estimate of drug-likeness (QED) is 0.736. The first-order valence-electron chi connectivity index (χ1n) is 5.63. The highest BCUT2D eigenvalue weighted by molar-refractivity contribution is 7.80. The molecule has 0 aliphatic rings. The molecule has 1 aromatic heterocycles. The van der Waals surface area contributed by atoms with Crippen LogP contribution in [0.25, 0.3) is 0 Å². The van der Waals surface area contributed by atoms with Gasteiger partial charge in [-0.2, -0.15) is 0 Å². The Labute approximate surface area is 103 Å². The van der Waals surface area contributed by atoms with E-state index in [-0.39, 0.29) is 0 Å². The van der Waals surface area contributed by atoms with Crippen LogP contribution in [0.15, 0.2) is 24.4 Å². The van der Waals surface area contributed by atoms with Gasteiger partial charge in [0.05, 0.1) is 10.7 Å². The number of rotatable bonds is 7. The number of hydrogen-bond acceptors (Lipinski definition) is 3. The second-order valence-electron chi connectivity index (χ2n) is 3.76. The minimum Gasteiger partial charge on any atom is -0.393 e. The van der Waals surface area contributed by atoms with E-state index in [1.165, 1.54) is 0 Å². The summed E-state index contributed by atoms with van der Waals surface area (Å²) in [7, 11) is 0. The zero-order valence-electron chi connectivity index (χ0n) is 9.72. The summed E-state index contributed by atoms with van der Waals surface area (Å²) in [6.07, 6.45) is 3.68. The van der Waals surface area contributed by atoms with Gasteiger partial charge in [0.1, 0.15) is 0 Å². The third-order valence-electron chi connectivity index (χ3n) is 2.46. The second kappa shape index (κ2) is 7.30. The topological polar surface area (TPSA) is 42.1 Å². The molecule has 0 bridgehead atoms. The van der Waals surface area contributed by atoms with Crippen LogP contribution in [0.2, 0.25) is 0 Å². The molecule has 0 aliphatic carbocycles. The van der Waals surface area contributed by atoms with Crippen molar-refractivity contribution < 1.29 is 0 Å². The van der Waals surface area contributed by atoms with E-state index in [9.17, 15) is 0 Å². The highest BCUT2D eigenvalue weighted by Gasteiger charge is 2.04. The van der Waals surface area contributed by atoms with Gasteiger partial charge in [-0.3, -0.25) is 9.88 Å². The van der Waals surface area contributed by atoms with E-state index >= 15 is 0 Å². The summed E-state index contributed by atoms with van der Waals surface area (Å²) in [5.74, 6) is 0. The molecule has 0 amide bonds. The van der Waals surface area contributed by atoms with Gasteiger partial charge in [0, 0.05) is 12.7 Å². The average molecular weight is 237 g/mol. The average Bonchev–Trinajstić information content (AvgIpc) is 2.28. The van der Waals surface area contributed by atoms with Gasteiger partial charge in [-0.05, 0) is 38.1 Å². The van der Waals surface area contributed by atoms with Crippen molar-refractivity contribution in [2.24, 2.45) is 5.73 Å². The number of hydrogen-bond donors (Lipinski definition) is 1. The molecule has 0 aromatic carbocycles. The molecule has 2 N–H and O–H groups in total. The summed E-state index contributed by atoms with van der Waals surface area (Å²) in [6.45, 7) is 5.09.